The highest BCUT2D eigenvalue weighted by molar-refractivity contribution is 7.89. The average molecular weight is 481 g/mol. The van der Waals surface area contributed by atoms with Crippen molar-refractivity contribution in [2.75, 3.05) is 13.1 Å². The molecule has 8 heteroatoms. The number of thiazole rings is 1. The molecule has 1 aliphatic heterocycles. The molecule has 0 N–H and O–H groups in total. The van der Waals surface area contributed by atoms with Crippen molar-refractivity contribution in [1.29, 1.82) is 0 Å². The van der Waals surface area contributed by atoms with E-state index in [4.69, 9.17) is 9.72 Å². The fraction of sp³-hybridized carbons (Fsp3) is 0.160. The van der Waals surface area contributed by atoms with Crippen molar-refractivity contribution in [2.45, 2.75) is 17.7 Å². The first-order valence-electron chi connectivity index (χ1n) is 10.6. The van der Waals surface area contributed by atoms with Gasteiger partial charge in [0.15, 0.2) is 0 Å². The van der Waals surface area contributed by atoms with Crippen LogP contribution < -0.4 is 4.74 Å². The van der Waals surface area contributed by atoms with Gasteiger partial charge in [-0.05, 0) is 73.5 Å². The van der Waals surface area contributed by atoms with Crippen LogP contribution in [0.1, 0.15) is 12.8 Å². The van der Waals surface area contributed by atoms with E-state index in [0.717, 1.165) is 34.7 Å². The number of ether oxygens (including phenoxy) is 1. The number of nitrogens with zero attached hydrogens (tertiary/aromatic N) is 2. The lowest BCUT2D eigenvalue weighted by molar-refractivity contribution is 0.477. The summed E-state index contributed by atoms with van der Waals surface area (Å²) in [5, 5.41) is 2.76. The first-order chi connectivity index (χ1) is 16.0. The number of aromatic nitrogens is 1. The van der Waals surface area contributed by atoms with Gasteiger partial charge in [-0.3, -0.25) is 0 Å². The second-order valence-corrected chi connectivity index (χ2v) is 10.6. The number of rotatable bonds is 6. The Morgan fingerprint density at radius 2 is 1.55 bits per heavy atom. The first kappa shape index (κ1) is 21.8. The van der Waals surface area contributed by atoms with Gasteiger partial charge in [-0.2, -0.15) is 4.31 Å². The summed E-state index contributed by atoms with van der Waals surface area (Å²) in [4.78, 5) is 5.03. The van der Waals surface area contributed by atoms with Gasteiger partial charge in [0.1, 0.15) is 22.3 Å². The zero-order valence-corrected chi connectivity index (χ0v) is 19.3. The summed E-state index contributed by atoms with van der Waals surface area (Å²) in [6.07, 6.45) is 1.81. The maximum atomic E-state index is 13.0. The number of benzene rings is 3. The summed E-state index contributed by atoms with van der Waals surface area (Å²) in [5.74, 6) is 0.892. The minimum absolute atomic E-state index is 0.304. The molecule has 5 rings (SSSR count). The van der Waals surface area contributed by atoms with Crippen LogP contribution in [0.4, 0.5) is 4.39 Å². The van der Waals surface area contributed by atoms with Gasteiger partial charge in [0.2, 0.25) is 10.0 Å². The smallest absolute Gasteiger partial charge is 0.243 e. The number of halogens is 1. The summed E-state index contributed by atoms with van der Waals surface area (Å²) in [6, 6.07) is 20.3. The molecular formula is C25H21FN2O3S2. The third-order valence-electron chi connectivity index (χ3n) is 5.49. The molecule has 1 aliphatic rings. The highest BCUT2D eigenvalue weighted by Gasteiger charge is 2.27. The Hall–Kier alpha value is -3.07. The number of sulfonamides is 1. The molecule has 4 aromatic rings. The van der Waals surface area contributed by atoms with E-state index in [2.05, 4.69) is 0 Å². The van der Waals surface area contributed by atoms with E-state index in [-0.39, 0.29) is 5.82 Å². The highest BCUT2D eigenvalue weighted by Crippen LogP contribution is 2.32. The summed E-state index contributed by atoms with van der Waals surface area (Å²) in [7, 11) is -3.47. The van der Waals surface area contributed by atoms with Crippen LogP contribution >= 0.6 is 11.3 Å². The molecule has 33 heavy (non-hydrogen) atoms. The standard InChI is InChI=1S/C25H21FN2O3S2/c26-20-8-12-22(13-9-20)31-21-10-6-18(7-11-21)25-27-24(17-32-25)19-4-3-5-23(16-19)33(29,30)28-14-1-2-15-28/h3-13,16-17H,1-2,14-15H2. The predicted molar refractivity (Wildman–Crippen MR) is 127 cm³/mol. The van der Waals surface area contributed by atoms with E-state index in [1.165, 1.54) is 23.5 Å². The monoisotopic (exact) mass is 480 g/mol. The summed E-state index contributed by atoms with van der Waals surface area (Å²) >= 11 is 1.49. The van der Waals surface area contributed by atoms with E-state index in [9.17, 15) is 12.8 Å². The van der Waals surface area contributed by atoms with Gasteiger partial charge in [0.25, 0.3) is 0 Å². The van der Waals surface area contributed by atoms with Crippen molar-refractivity contribution in [3.8, 4) is 33.3 Å². The maximum Gasteiger partial charge on any atom is 0.243 e. The Morgan fingerprint density at radius 1 is 0.879 bits per heavy atom. The first-order valence-corrected chi connectivity index (χ1v) is 12.9. The maximum absolute atomic E-state index is 13.0. The van der Waals surface area contributed by atoms with E-state index in [0.29, 0.717) is 29.5 Å². The van der Waals surface area contributed by atoms with Crippen LogP contribution in [0.3, 0.4) is 0 Å². The van der Waals surface area contributed by atoms with Crippen molar-refractivity contribution in [3.05, 3.63) is 84.0 Å². The topological polar surface area (TPSA) is 59.5 Å². The largest absolute Gasteiger partial charge is 0.457 e. The fourth-order valence-electron chi connectivity index (χ4n) is 3.74. The highest BCUT2D eigenvalue weighted by atomic mass is 32.2. The van der Waals surface area contributed by atoms with Crippen molar-refractivity contribution in [3.63, 3.8) is 0 Å². The Bertz CT molecular complexity index is 1360. The Labute approximate surface area is 196 Å². The molecule has 0 radical (unpaired) electrons. The molecule has 0 aliphatic carbocycles. The van der Waals surface area contributed by atoms with Gasteiger partial charge >= 0.3 is 0 Å². The SMILES string of the molecule is O=S(=O)(c1cccc(-c2csc(-c3ccc(Oc4ccc(F)cc4)cc3)n2)c1)N1CCCC1. The molecule has 1 saturated heterocycles. The molecule has 5 nitrogen and oxygen atoms in total. The lowest BCUT2D eigenvalue weighted by atomic mass is 10.2. The Morgan fingerprint density at radius 3 is 2.24 bits per heavy atom. The molecule has 0 amide bonds. The van der Waals surface area contributed by atoms with Crippen LogP contribution in [0.5, 0.6) is 11.5 Å². The van der Waals surface area contributed by atoms with Crippen LogP contribution in [0.15, 0.2) is 83.1 Å². The zero-order valence-electron chi connectivity index (χ0n) is 17.6. The third-order valence-corrected chi connectivity index (χ3v) is 8.27. The molecule has 1 aromatic heterocycles. The molecule has 0 atom stereocenters. The van der Waals surface area contributed by atoms with Crippen molar-refractivity contribution >= 4 is 21.4 Å². The van der Waals surface area contributed by atoms with Gasteiger partial charge in [-0.25, -0.2) is 17.8 Å². The molecule has 0 unspecified atom stereocenters. The number of hydrogen-bond donors (Lipinski definition) is 0. The van der Waals surface area contributed by atoms with Crippen LogP contribution in [-0.2, 0) is 10.0 Å². The lowest BCUT2D eigenvalue weighted by Gasteiger charge is -2.15. The predicted octanol–water partition coefficient (Wildman–Crippen LogP) is 6.19. The van der Waals surface area contributed by atoms with Crippen LogP contribution in [-0.4, -0.2) is 30.8 Å². The summed E-state index contributed by atoms with van der Waals surface area (Å²) in [6.45, 7) is 1.16. The van der Waals surface area contributed by atoms with Crippen LogP contribution in [0.2, 0.25) is 0 Å². The zero-order chi connectivity index (χ0) is 22.8. The molecule has 168 valence electrons. The molecule has 0 spiro atoms. The molecule has 3 aromatic carbocycles. The minimum atomic E-state index is -3.47. The third kappa shape index (κ3) is 4.68. The average Bonchev–Trinajstić information content (AvgIpc) is 3.54. The van der Waals surface area contributed by atoms with Crippen molar-refractivity contribution in [2.24, 2.45) is 0 Å². The molecule has 2 heterocycles. The van der Waals surface area contributed by atoms with Crippen molar-refractivity contribution < 1.29 is 17.5 Å². The van der Waals surface area contributed by atoms with Gasteiger partial charge in [0, 0.05) is 29.6 Å². The minimum Gasteiger partial charge on any atom is -0.457 e. The quantitative estimate of drug-likeness (QED) is 0.330. The second-order valence-electron chi connectivity index (χ2n) is 7.76. The van der Waals surface area contributed by atoms with Gasteiger partial charge in [-0.15, -0.1) is 11.3 Å². The Balaban J connectivity index is 1.34. The summed E-state index contributed by atoms with van der Waals surface area (Å²) < 4.78 is 46.1. The molecule has 1 fully saturated rings. The Kier molecular flexibility index (Phi) is 5.97. The fourth-order valence-corrected chi connectivity index (χ4v) is 6.14. The molecular weight excluding hydrogens is 459 g/mol. The van der Waals surface area contributed by atoms with Crippen LogP contribution in [0.25, 0.3) is 21.8 Å². The van der Waals surface area contributed by atoms with E-state index in [1.807, 2.05) is 35.7 Å². The summed E-state index contributed by atoms with van der Waals surface area (Å²) in [5.41, 5.74) is 2.44. The van der Waals surface area contributed by atoms with Gasteiger partial charge in [0.05, 0.1) is 10.6 Å². The van der Waals surface area contributed by atoms with Crippen molar-refractivity contribution in [1.82, 2.24) is 9.29 Å². The van der Waals surface area contributed by atoms with Crippen LogP contribution in [0, 0.1) is 5.82 Å². The lowest BCUT2D eigenvalue weighted by Crippen LogP contribution is -2.27. The second kappa shape index (κ2) is 9.05. The molecule has 0 bridgehead atoms. The van der Waals surface area contributed by atoms with Gasteiger partial charge in [-0.1, -0.05) is 12.1 Å². The number of hydrogen-bond acceptors (Lipinski definition) is 5. The normalized spacial score (nSPS) is 14.5. The van der Waals surface area contributed by atoms with E-state index < -0.39 is 10.0 Å². The van der Waals surface area contributed by atoms with E-state index >= 15 is 0 Å². The van der Waals surface area contributed by atoms with Gasteiger partial charge < -0.3 is 4.74 Å². The molecule has 0 saturated carbocycles. The van der Waals surface area contributed by atoms with E-state index in [1.54, 1.807) is 34.6 Å².